The van der Waals surface area contributed by atoms with Crippen LogP contribution in [0.3, 0.4) is 0 Å². The first kappa shape index (κ1) is 18.5. The predicted octanol–water partition coefficient (Wildman–Crippen LogP) is 3.81. The molecular weight excluding hydrogens is 344 g/mol. The second kappa shape index (κ2) is 8.41. The summed E-state index contributed by atoms with van der Waals surface area (Å²) >= 11 is 1.36. The first-order valence-corrected chi connectivity index (χ1v) is 9.98. The van der Waals surface area contributed by atoms with E-state index in [0.717, 1.165) is 24.1 Å². The summed E-state index contributed by atoms with van der Waals surface area (Å²) < 4.78 is 0. The van der Waals surface area contributed by atoms with Crippen LogP contribution >= 0.6 is 11.8 Å². The van der Waals surface area contributed by atoms with Crippen LogP contribution < -0.4 is 5.32 Å². The molecule has 4 nitrogen and oxygen atoms in total. The van der Waals surface area contributed by atoms with Crippen molar-refractivity contribution in [3.63, 3.8) is 0 Å². The summed E-state index contributed by atoms with van der Waals surface area (Å²) in [6, 6.07) is 16.2. The van der Waals surface area contributed by atoms with E-state index in [4.69, 9.17) is 0 Å². The molecule has 1 aliphatic carbocycles. The second-order valence-electron chi connectivity index (χ2n) is 6.66. The Labute approximate surface area is 159 Å². The van der Waals surface area contributed by atoms with Crippen LogP contribution in [0, 0.1) is 6.92 Å². The number of thioether (sulfide) groups is 1. The van der Waals surface area contributed by atoms with Crippen molar-refractivity contribution in [2.45, 2.75) is 25.8 Å². The molecule has 0 fully saturated rings. The van der Waals surface area contributed by atoms with Gasteiger partial charge >= 0.3 is 0 Å². The van der Waals surface area contributed by atoms with E-state index in [1.165, 1.54) is 22.9 Å². The van der Waals surface area contributed by atoms with Gasteiger partial charge in [-0.05, 0) is 43.0 Å². The number of rotatable bonds is 6. The average molecular weight is 369 g/mol. The molecule has 0 saturated carbocycles. The third-order valence-corrected chi connectivity index (χ3v) is 5.67. The van der Waals surface area contributed by atoms with E-state index in [9.17, 15) is 9.59 Å². The van der Waals surface area contributed by atoms with Crippen LogP contribution in [0.4, 0.5) is 5.69 Å². The number of hydrogen-bond acceptors (Lipinski definition) is 3. The van der Waals surface area contributed by atoms with Gasteiger partial charge in [0.25, 0.3) is 0 Å². The number of hydrogen-bond donors (Lipinski definition) is 1. The Hall–Kier alpha value is -2.27. The molecule has 0 aliphatic heterocycles. The van der Waals surface area contributed by atoms with Crippen molar-refractivity contribution in [3.05, 3.63) is 65.2 Å². The van der Waals surface area contributed by atoms with Gasteiger partial charge in [0.2, 0.25) is 11.8 Å². The molecule has 0 saturated heterocycles. The molecule has 0 aromatic heterocycles. The van der Waals surface area contributed by atoms with Gasteiger partial charge in [0, 0.05) is 12.7 Å². The lowest BCUT2D eigenvalue weighted by Crippen LogP contribution is -2.32. The zero-order chi connectivity index (χ0) is 18.5. The number of fused-ring (bicyclic) bond motifs is 1. The fourth-order valence-corrected chi connectivity index (χ4v) is 4.02. The Morgan fingerprint density at radius 2 is 1.85 bits per heavy atom. The van der Waals surface area contributed by atoms with Crippen LogP contribution in [0.1, 0.15) is 29.2 Å². The molecule has 1 unspecified atom stereocenters. The highest BCUT2D eigenvalue weighted by Crippen LogP contribution is 2.34. The molecule has 26 heavy (non-hydrogen) atoms. The van der Waals surface area contributed by atoms with E-state index < -0.39 is 0 Å². The molecule has 0 bridgehead atoms. The number of carbonyl (C=O) groups is 2. The van der Waals surface area contributed by atoms with Crippen molar-refractivity contribution >= 4 is 29.3 Å². The van der Waals surface area contributed by atoms with Crippen molar-refractivity contribution in [1.82, 2.24) is 4.90 Å². The fraction of sp³-hybridized carbons (Fsp3) is 0.333. The first-order valence-electron chi connectivity index (χ1n) is 8.82. The summed E-state index contributed by atoms with van der Waals surface area (Å²) in [4.78, 5) is 26.3. The fourth-order valence-electron chi connectivity index (χ4n) is 3.28. The lowest BCUT2D eigenvalue weighted by molar-refractivity contribution is -0.129. The van der Waals surface area contributed by atoms with E-state index in [1.807, 2.05) is 55.3 Å². The predicted molar refractivity (Wildman–Crippen MR) is 107 cm³/mol. The van der Waals surface area contributed by atoms with Crippen LogP contribution in [0.5, 0.6) is 0 Å². The maximum absolute atomic E-state index is 12.5. The van der Waals surface area contributed by atoms with Crippen molar-refractivity contribution in [2.75, 3.05) is 23.9 Å². The van der Waals surface area contributed by atoms with Crippen molar-refractivity contribution in [1.29, 1.82) is 0 Å². The van der Waals surface area contributed by atoms with Gasteiger partial charge < -0.3 is 10.2 Å². The Balaban J connectivity index is 1.45. The second-order valence-corrected chi connectivity index (χ2v) is 7.65. The van der Waals surface area contributed by atoms with E-state index in [-0.39, 0.29) is 23.6 Å². The summed E-state index contributed by atoms with van der Waals surface area (Å²) in [5.74, 6) is 0.575. The summed E-state index contributed by atoms with van der Waals surface area (Å²) in [7, 11) is 1.86. The van der Waals surface area contributed by atoms with Crippen molar-refractivity contribution in [2.24, 2.45) is 0 Å². The lowest BCUT2D eigenvalue weighted by Gasteiger charge is -2.25. The SMILES string of the molecule is Cc1ccc(NC(=O)CSCC(=O)N(C)C2CCc3ccccc32)cc1. The number of aryl methyl sites for hydroxylation is 2. The first-order chi connectivity index (χ1) is 12.5. The smallest absolute Gasteiger partial charge is 0.234 e. The van der Waals surface area contributed by atoms with E-state index in [2.05, 4.69) is 17.4 Å². The number of anilines is 1. The molecule has 1 aliphatic rings. The van der Waals surface area contributed by atoms with Gasteiger partial charge in [-0.25, -0.2) is 0 Å². The number of carbonyl (C=O) groups excluding carboxylic acids is 2. The maximum atomic E-state index is 12.5. The normalized spacial score (nSPS) is 15.4. The highest BCUT2D eigenvalue weighted by atomic mass is 32.2. The summed E-state index contributed by atoms with van der Waals surface area (Å²) in [6.07, 6.45) is 1.99. The minimum atomic E-state index is -0.0829. The van der Waals surface area contributed by atoms with Crippen LogP contribution in [0.15, 0.2) is 48.5 Å². The van der Waals surface area contributed by atoms with E-state index >= 15 is 0 Å². The van der Waals surface area contributed by atoms with E-state index in [0.29, 0.717) is 5.75 Å². The van der Waals surface area contributed by atoms with Crippen molar-refractivity contribution in [3.8, 4) is 0 Å². The number of nitrogens with one attached hydrogen (secondary N) is 1. The molecule has 5 heteroatoms. The molecule has 2 amide bonds. The molecular formula is C21H24N2O2S. The van der Waals surface area contributed by atoms with Gasteiger partial charge in [0.1, 0.15) is 0 Å². The summed E-state index contributed by atoms with van der Waals surface area (Å²) in [6.45, 7) is 2.01. The van der Waals surface area contributed by atoms with Gasteiger partial charge in [0.15, 0.2) is 0 Å². The molecule has 0 heterocycles. The number of benzene rings is 2. The number of nitrogens with zero attached hydrogens (tertiary/aromatic N) is 1. The van der Waals surface area contributed by atoms with Crippen LogP contribution in [-0.2, 0) is 16.0 Å². The van der Waals surface area contributed by atoms with E-state index in [1.54, 1.807) is 0 Å². The summed E-state index contributed by atoms with van der Waals surface area (Å²) in [5.41, 5.74) is 4.53. The highest BCUT2D eigenvalue weighted by molar-refractivity contribution is 8.00. The van der Waals surface area contributed by atoms with Gasteiger partial charge in [-0.2, -0.15) is 0 Å². The largest absolute Gasteiger partial charge is 0.338 e. The quantitative estimate of drug-likeness (QED) is 0.843. The molecule has 2 aromatic carbocycles. The monoisotopic (exact) mass is 368 g/mol. The van der Waals surface area contributed by atoms with Gasteiger partial charge in [-0.3, -0.25) is 9.59 Å². The van der Waals surface area contributed by atoms with Gasteiger partial charge in [-0.15, -0.1) is 11.8 Å². The highest BCUT2D eigenvalue weighted by Gasteiger charge is 2.28. The lowest BCUT2D eigenvalue weighted by atomic mass is 10.1. The zero-order valence-corrected chi connectivity index (χ0v) is 16.0. The third-order valence-electron chi connectivity index (χ3n) is 4.76. The van der Waals surface area contributed by atoms with Crippen LogP contribution in [-0.4, -0.2) is 35.3 Å². The Kier molecular flexibility index (Phi) is 5.99. The Morgan fingerprint density at radius 1 is 1.12 bits per heavy atom. The molecule has 1 N–H and O–H groups in total. The molecule has 3 rings (SSSR count). The van der Waals surface area contributed by atoms with Gasteiger partial charge in [-0.1, -0.05) is 42.0 Å². The minimum absolute atomic E-state index is 0.0693. The Morgan fingerprint density at radius 3 is 2.62 bits per heavy atom. The molecule has 0 spiro atoms. The standard InChI is InChI=1S/C21H24N2O2S/c1-15-7-10-17(11-8-15)22-20(24)13-26-14-21(25)23(2)19-12-9-16-5-3-4-6-18(16)19/h3-8,10-11,19H,9,12-14H2,1-2H3,(H,22,24). The van der Waals surface area contributed by atoms with Crippen LogP contribution in [0.2, 0.25) is 0 Å². The molecule has 1 atom stereocenters. The molecule has 2 aromatic rings. The third kappa shape index (κ3) is 4.47. The topological polar surface area (TPSA) is 49.4 Å². The number of amides is 2. The maximum Gasteiger partial charge on any atom is 0.234 e. The van der Waals surface area contributed by atoms with Crippen LogP contribution in [0.25, 0.3) is 0 Å². The minimum Gasteiger partial charge on any atom is -0.338 e. The average Bonchev–Trinajstić information content (AvgIpc) is 3.07. The van der Waals surface area contributed by atoms with Crippen molar-refractivity contribution < 1.29 is 9.59 Å². The molecule has 136 valence electrons. The summed E-state index contributed by atoms with van der Waals surface area (Å²) in [5, 5.41) is 2.86. The zero-order valence-electron chi connectivity index (χ0n) is 15.2. The Bertz CT molecular complexity index is 789. The molecule has 0 radical (unpaired) electrons. The van der Waals surface area contributed by atoms with Gasteiger partial charge in [0.05, 0.1) is 17.5 Å².